The fraction of sp³-hybridized carbons (Fsp3) is 0. The second kappa shape index (κ2) is 4.32. The van der Waals surface area contributed by atoms with Gasteiger partial charge in [0.15, 0.2) is 11.0 Å². The van der Waals surface area contributed by atoms with Gasteiger partial charge < -0.3 is 9.52 Å². The monoisotopic (exact) mass is 442 g/mol. The summed E-state index contributed by atoms with van der Waals surface area (Å²) in [5.74, 6) is -1.58. The molecule has 0 amide bonds. The third-order valence-electron chi connectivity index (χ3n) is 1.96. The largest absolute Gasteiger partial charge is 0.475 e. The van der Waals surface area contributed by atoms with Crippen LogP contribution >= 0.6 is 45.2 Å². The molecule has 82 valence electrons. The lowest BCUT2D eigenvalue weighted by molar-refractivity contribution is 0.0663. The van der Waals surface area contributed by atoms with Gasteiger partial charge in [0.25, 0.3) is 0 Å². The molecule has 1 aromatic carbocycles. The van der Waals surface area contributed by atoms with Crippen LogP contribution in [-0.2, 0) is 0 Å². The number of benzene rings is 1. The zero-order valence-electron chi connectivity index (χ0n) is 7.66. The molecule has 2 aromatic rings. The highest BCUT2D eigenvalue weighted by Crippen LogP contribution is 2.22. The van der Waals surface area contributed by atoms with Crippen molar-refractivity contribution in [3.63, 3.8) is 0 Å². The van der Waals surface area contributed by atoms with Gasteiger partial charge in [0.2, 0.25) is 5.76 Å². The van der Waals surface area contributed by atoms with Gasteiger partial charge in [-0.3, -0.25) is 4.79 Å². The maximum Gasteiger partial charge on any atom is 0.371 e. The van der Waals surface area contributed by atoms with Gasteiger partial charge in [-0.05, 0) is 57.3 Å². The van der Waals surface area contributed by atoms with Gasteiger partial charge in [-0.2, -0.15) is 0 Å². The van der Waals surface area contributed by atoms with Crippen LogP contribution in [0.1, 0.15) is 10.6 Å². The lowest BCUT2D eigenvalue weighted by atomic mass is 10.2. The van der Waals surface area contributed by atoms with E-state index in [1.165, 1.54) is 0 Å². The minimum atomic E-state index is -1.24. The van der Waals surface area contributed by atoms with E-state index in [-0.39, 0.29) is 11.2 Å². The van der Waals surface area contributed by atoms with Crippen molar-refractivity contribution in [3.8, 4) is 0 Å². The van der Waals surface area contributed by atoms with Crippen LogP contribution in [0.5, 0.6) is 0 Å². The van der Waals surface area contributed by atoms with E-state index in [2.05, 4.69) is 22.6 Å². The van der Waals surface area contributed by atoms with Crippen molar-refractivity contribution in [3.05, 3.63) is 41.3 Å². The summed E-state index contributed by atoms with van der Waals surface area (Å²) in [5, 5.41) is 9.18. The quantitative estimate of drug-likeness (QED) is 0.691. The molecule has 0 atom stereocenters. The second-order valence-corrected chi connectivity index (χ2v) is 5.45. The summed E-state index contributed by atoms with van der Waals surface area (Å²) in [5.41, 5.74) is -0.0130. The molecular weight excluding hydrogens is 438 g/mol. The number of rotatable bonds is 1. The average Bonchev–Trinajstić information content (AvgIpc) is 2.19. The van der Waals surface area contributed by atoms with E-state index in [1.54, 1.807) is 6.07 Å². The Morgan fingerprint density at radius 1 is 1.25 bits per heavy atom. The number of aromatic carboxylic acids is 1. The Bertz CT molecular complexity index is 645. The minimum Gasteiger partial charge on any atom is -0.475 e. The van der Waals surface area contributed by atoms with Gasteiger partial charge in [-0.1, -0.05) is 0 Å². The van der Waals surface area contributed by atoms with Crippen LogP contribution in [0.4, 0.5) is 0 Å². The summed E-state index contributed by atoms with van der Waals surface area (Å²) in [6.07, 6.45) is 0. The van der Waals surface area contributed by atoms with Crippen LogP contribution < -0.4 is 5.43 Å². The highest BCUT2D eigenvalue weighted by molar-refractivity contribution is 14.1. The zero-order valence-corrected chi connectivity index (χ0v) is 12.0. The van der Waals surface area contributed by atoms with Crippen molar-refractivity contribution in [1.82, 2.24) is 0 Å². The molecule has 1 heterocycles. The lowest BCUT2D eigenvalue weighted by Crippen LogP contribution is -2.07. The first kappa shape index (κ1) is 11.8. The molecular formula is C10H4I2O4. The molecule has 16 heavy (non-hydrogen) atoms. The van der Waals surface area contributed by atoms with Gasteiger partial charge in [0, 0.05) is 9.64 Å². The number of halogens is 2. The first-order valence-electron chi connectivity index (χ1n) is 4.15. The first-order valence-corrected chi connectivity index (χ1v) is 6.31. The Morgan fingerprint density at radius 2 is 1.94 bits per heavy atom. The molecule has 1 aromatic heterocycles. The van der Waals surface area contributed by atoms with Crippen molar-refractivity contribution in [2.24, 2.45) is 0 Å². The molecule has 2 rings (SSSR count). The number of fused-ring (bicyclic) bond motifs is 1. The summed E-state index contributed by atoms with van der Waals surface area (Å²) in [4.78, 5) is 22.4. The molecule has 6 heteroatoms. The van der Waals surface area contributed by atoms with E-state index in [4.69, 9.17) is 9.52 Å². The maximum atomic E-state index is 11.7. The molecule has 0 fully saturated rings. The third kappa shape index (κ3) is 2.08. The third-order valence-corrected chi connectivity index (χ3v) is 3.38. The first-order chi connectivity index (χ1) is 7.49. The Kier molecular flexibility index (Phi) is 3.19. The molecule has 0 aliphatic rings. The molecule has 4 nitrogen and oxygen atoms in total. The molecule has 1 N–H and O–H groups in total. The number of carboxylic acids is 1. The fourth-order valence-electron chi connectivity index (χ4n) is 1.29. The molecule has 0 unspecified atom stereocenters. The maximum absolute atomic E-state index is 11.7. The molecule has 0 radical (unpaired) electrons. The van der Waals surface area contributed by atoms with Crippen LogP contribution in [0.25, 0.3) is 11.0 Å². The lowest BCUT2D eigenvalue weighted by Gasteiger charge is -2.02. The van der Waals surface area contributed by atoms with E-state index >= 15 is 0 Å². The van der Waals surface area contributed by atoms with E-state index in [1.807, 2.05) is 28.7 Å². The standard InChI is InChI=1S/C10H4I2O4/c11-4-1-5-7(13)3-8(10(14)15)16-9(5)6(12)2-4/h1-3H,(H,14,15). The van der Waals surface area contributed by atoms with E-state index in [9.17, 15) is 9.59 Å². The van der Waals surface area contributed by atoms with Gasteiger partial charge in [-0.15, -0.1) is 0 Å². The van der Waals surface area contributed by atoms with Gasteiger partial charge >= 0.3 is 5.97 Å². The topological polar surface area (TPSA) is 67.5 Å². The molecule has 0 bridgehead atoms. The number of hydrogen-bond donors (Lipinski definition) is 1. The smallest absolute Gasteiger partial charge is 0.371 e. The molecule has 0 aliphatic carbocycles. The van der Waals surface area contributed by atoms with Crippen molar-refractivity contribution < 1.29 is 14.3 Å². The van der Waals surface area contributed by atoms with Crippen molar-refractivity contribution in [1.29, 1.82) is 0 Å². The van der Waals surface area contributed by atoms with Crippen molar-refractivity contribution >= 4 is 62.1 Å². The van der Waals surface area contributed by atoms with Crippen LogP contribution in [0.2, 0.25) is 0 Å². The minimum absolute atomic E-state index is 0.325. The molecule has 0 aliphatic heterocycles. The average molecular weight is 442 g/mol. The van der Waals surface area contributed by atoms with E-state index in [0.717, 1.165) is 13.2 Å². The van der Waals surface area contributed by atoms with E-state index in [0.29, 0.717) is 11.0 Å². The molecule has 0 spiro atoms. The van der Waals surface area contributed by atoms with Crippen LogP contribution in [0.15, 0.2) is 27.4 Å². The summed E-state index contributed by atoms with van der Waals surface area (Å²) in [7, 11) is 0. The Morgan fingerprint density at radius 3 is 2.56 bits per heavy atom. The highest BCUT2D eigenvalue weighted by Gasteiger charge is 2.13. The Hall–Kier alpha value is -0.640. The SMILES string of the molecule is O=C(O)c1cc(=O)c2cc(I)cc(I)c2o1. The van der Waals surface area contributed by atoms with E-state index < -0.39 is 5.97 Å². The summed E-state index contributed by atoms with van der Waals surface area (Å²) < 4.78 is 6.81. The molecule has 0 saturated heterocycles. The predicted molar refractivity (Wildman–Crippen MR) is 74.9 cm³/mol. The second-order valence-electron chi connectivity index (χ2n) is 3.04. The molecule has 0 saturated carbocycles. The summed E-state index contributed by atoms with van der Waals surface area (Å²) in [6.45, 7) is 0. The van der Waals surface area contributed by atoms with Crippen molar-refractivity contribution in [2.45, 2.75) is 0 Å². The highest BCUT2D eigenvalue weighted by atomic mass is 127. The zero-order chi connectivity index (χ0) is 11.9. The van der Waals surface area contributed by atoms with Crippen LogP contribution in [0, 0.1) is 7.14 Å². The van der Waals surface area contributed by atoms with Crippen LogP contribution in [-0.4, -0.2) is 11.1 Å². The van der Waals surface area contributed by atoms with Crippen LogP contribution in [0.3, 0.4) is 0 Å². The number of hydrogen-bond acceptors (Lipinski definition) is 3. The predicted octanol–water partition coefficient (Wildman–Crippen LogP) is 2.70. The fourth-order valence-corrected chi connectivity index (χ4v) is 3.24. The van der Waals surface area contributed by atoms with Gasteiger partial charge in [0.05, 0.1) is 8.96 Å². The summed E-state index contributed by atoms with van der Waals surface area (Å²) >= 11 is 4.10. The normalized spacial score (nSPS) is 10.6. The Labute approximate surface area is 117 Å². The Balaban J connectivity index is 2.93. The summed E-state index contributed by atoms with van der Waals surface area (Å²) in [6, 6.07) is 4.49. The number of carboxylic acid groups (broad SMARTS) is 1. The van der Waals surface area contributed by atoms with Crippen molar-refractivity contribution in [2.75, 3.05) is 0 Å². The van der Waals surface area contributed by atoms with Gasteiger partial charge in [-0.25, -0.2) is 4.79 Å². The number of carbonyl (C=O) groups is 1. The van der Waals surface area contributed by atoms with Gasteiger partial charge in [0.1, 0.15) is 0 Å².